The quantitative estimate of drug-likeness (QED) is 0.635. The molecule has 0 aromatic heterocycles. The van der Waals surface area contributed by atoms with Gasteiger partial charge in [0.25, 0.3) is 5.69 Å². The highest BCUT2D eigenvalue weighted by atomic mass is 16.6. The minimum absolute atomic E-state index is 0.0441. The SMILES string of the molecule is CN(C)C(CNc1ccc(C#N)cc1[N+](=O)[O-])C1CC1. The van der Waals surface area contributed by atoms with Gasteiger partial charge in [0.1, 0.15) is 5.69 Å². The second-order valence-electron chi connectivity index (χ2n) is 5.35. The number of nitrogens with one attached hydrogen (secondary N) is 1. The van der Waals surface area contributed by atoms with Crippen LogP contribution in [0.5, 0.6) is 0 Å². The van der Waals surface area contributed by atoms with Gasteiger partial charge < -0.3 is 10.2 Å². The maximum Gasteiger partial charge on any atom is 0.293 e. The molecular weight excluding hydrogens is 256 g/mol. The van der Waals surface area contributed by atoms with Crippen LogP contribution in [0.2, 0.25) is 0 Å². The molecule has 6 heteroatoms. The van der Waals surface area contributed by atoms with Gasteiger partial charge in [-0.05, 0) is 45.0 Å². The summed E-state index contributed by atoms with van der Waals surface area (Å²) in [6.45, 7) is 0.671. The predicted octanol–water partition coefficient (Wildman–Crippen LogP) is 2.22. The standard InChI is InChI=1S/C14H18N4O2/c1-17(2)14(11-4-5-11)9-16-12-6-3-10(8-15)7-13(12)18(19)20/h3,6-7,11,14,16H,4-5,9H2,1-2H3. The summed E-state index contributed by atoms with van der Waals surface area (Å²) in [6.07, 6.45) is 2.44. The first-order valence-corrected chi connectivity index (χ1v) is 6.61. The van der Waals surface area contributed by atoms with E-state index in [1.165, 1.54) is 18.9 Å². The molecule has 0 aliphatic heterocycles. The van der Waals surface area contributed by atoms with Gasteiger partial charge in [-0.15, -0.1) is 0 Å². The zero-order valence-electron chi connectivity index (χ0n) is 11.7. The van der Waals surface area contributed by atoms with Crippen molar-refractivity contribution < 1.29 is 4.92 Å². The van der Waals surface area contributed by atoms with E-state index in [0.29, 0.717) is 29.8 Å². The molecule has 1 unspecified atom stereocenters. The first-order valence-electron chi connectivity index (χ1n) is 6.61. The van der Waals surface area contributed by atoms with E-state index in [1.54, 1.807) is 12.1 Å². The Morgan fingerprint density at radius 1 is 1.55 bits per heavy atom. The molecule has 20 heavy (non-hydrogen) atoms. The number of nitriles is 1. The van der Waals surface area contributed by atoms with Gasteiger partial charge in [-0.1, -0.05) is 0 Å². The maximum atomic E-state index is 11.1. The van der Waals surface area contributed by atoms with Crippen LogP contribution in [0.1, 0.15) is 18.4 Å². The Kier molecular flexibility index (Phi) is 4.20. The smallest absolute Gasteiger partial charge is 0.293 e. The molecule has 1 N–H and O–H groups in total. The van der Waals surface area contributed by atoms with Crippen molar-refractivity contribution in [1.29, 1.82) is 5.26 Å². The van der Waals surface area contributed by atoms with E-state index in [2.05, 4.69) is 10.2 Å². The molecule has 106 valence electrons. The average Bonchev–Trinajstić information content (AvgIpc) is 3.23. The number of benzene rings is 1. The number of nitro benzene ring substituents is 1. The second-order valence-corrected chi connectivity index (χ2v) is 5.35. The van der Waals surface area contributed by atoms with Gasteiger partial charge in [-0.2, -0.15) is 5.26 Å². The monoisotopic (exact) mass is 274 g/mol. The van der Waals surface area contributed by atoms with Gasteiger partial charge in [0.15, 0.2) is 0 Å². The van der Waals surface area contributed by atoms with E-state index in [0.717, 1.165) is 0 Å². The summed E-state index contributed by atoms with van der Waals surface area (Å²) >= 11 is 0. The number of hydrogen-bond donors (Lipinski definition) is 1. The van der Waals surface area contributed by atoms with Gasteiger partial charge >= 0.3 is 0 Å². The van der Waals surface area contributed by atoms with Crippen molar-refractivity contribution in [2.45, 2.75) is 18.9 Å². The molecule has 1 saturated carbocycles. The first-order chi connectivity index (χ1) is 9.52. The lowest BCUT2D eigenvalue weighted by Gasteiger charge is -2.24. The van der Waals surface area contributed by atoms with Crippen molar-refractivity contribution in [1.82, 2.24) is 4.90 Å². The molecule has 1 aliphatic rings. The number of nitrogens with zero attached hydrogens (tertiary/aromatic N) is 3. The van der Waals surface area contributed by atoms with Crippen LogP contribution in [0.4, 0.5) is 11.4 Å². The number of likely N-dealkylation sites (N-methyl/N-ethyl adjacent to an activating group) is 1. The van der Waals surface area contributed by atoms with Crippen molar-refractivity contribution in [3.63, 3.8) is 0 Å². The third-order valence-electron chi connectivity index (χ3n) is 3.65. The highest BCUT2D eigenvalue weighted by Gasteiger charge is 2.32. The van der Waals surface area contributed by atoms with E-state index in [-0.39, 0.29) is 5.69 Å². The summed E-state index contributed by atoms with van der Waals surface area (Å²) in [5.74, 6) is 0.676. The zero-order valence-corrected chi connectivity index (χ0v) is 11.7. The molecule has 0 spiro atoms. The average molecular weight is 274 g/mol. The van der Waals surface area contributed by atoms with Crippen molar-refractivity contribution in [2.24, 2.45) is 5.92 Å². The minimum Gasteiger partial charge on any atom is -0.378 e. The summed E-state index contributed by atoms with van der Waals surface area (Å²) in [5, 5.41) is 23.0. The zero-order chi connectivity index (χ0) is 14.7. The molecule has 0 heterocycles. The van der Waals surface area contributed by atoms with Crippen LogP contribution < -0.4 is 5.32 Å². The van der Waals surface area contributed by atoms with Crippen molar-refractivity contribution in [3.8, 4) is 6.07 Å². The van der Waals surface area contributed by atoms with Gasteiger partial charge in [-0.25, -0.2) is 0 Å². The Balaban J connectivity index is 2.12. The Labute approximate surface area is 118 Å². The van der Waals surface area contributed by atoms with Crippen LogP contribution in [-0.2, 0) is 0 Å². The Morgan fingerprint density at radius 3 is 2.75 bits per heavy atom. The fourth-order valence-electron chi connectivity index (χ4n) is 2.37. The van der Waals surface area contributed by atoms with Crippen molar-refractivity contribution in [2.75, 3.05) is 26.0 Å². The van der Waals surface area contributed by atoms with Crippen LogP contribution >= 0.6 is 0 Å². The second kappa shape index (κ2) is 5.88. The van der Waals surface area contributed by atoms with E-state index < -0.39 is 4.92 Å². The molecule has 2 rings (SSSR count). The fourth-order valence-corrected chi connectivity index (χ4v) is 2.37. The molecule has 1 atom stereocenters. The predicted molar refractivity (Wildman–Crippen MR) is 76.5 cm³/mol. The molecule has 0 radical (unpaired) electrons. The van der Waals surface area contributed by atoms with E-state index >= 15 is 0 Å². The van der Waals surface area contributed by atoms with Gasteiger partial charge in [-0.3, -0.25) is 10.1 Å². The molecule has 0 amide bonds. The van der Waals surface area contributed by atoms with Crippen LogP contribution in [0, 0.1) is 27.4 Å². The summed E-state index contributed by atoms with van der Waals surface area (Å²) < 4.78 is 0. The first kappa shape index (κ1) is 14.3. The van der Waals surface area contributed by atoms with Gasteiger partial charge in [0.05, 0.1) is 16.6 Å². The highest BCUT2D eigenvalue weighted by Crippen LogP contribution is 2.35. The molecule has 0 bridgehead atoms. The third-order valence-corrected chi connectivity index (χ3v) is 3.65. The minimum atomic E-state index is -0.453. The van der Waals surface area contributed by atoms with Gasteiger partial charge in [0, 0.05) is 18.7 Å². The lowest BCUT2D eigenvalue weighted by Crippen LogP contribution is -2.36. The van der Waals surface area contributed by atoms with Gasteiger partial charge in [0.2, 0.25) is 0 Å². The fraction of sp³-hybridized carbons (Fsp3) is 0.500. The van der Waals surface area contributed by atoms with E-state index in [9.17, 15) is 10.1 Å². The molecule has 1 aliphatic carbocycles. The largest absolute Gasteiger partial charge is 0.378 e. The van der Waals surface area contributed by atoms with Crippen LogP contribution in [-0.4, -0.2) is 36.5 Å². The number of rotatable bonds is 6. The summed E-state index contributed by atoms with van der Waals surface area (Å²) in [5.41, 5.74) is 0.729. The summed E-state index contributed by atoms with van der Waals surface area (Å²) in [6, 6.07) is 6.81. The molecule has 0 saturated heterocycles. The third kappa shape index (κ3) is 3.25. The van der Waals surface area contributed by atoms with E-state index in [1.807, 2.05) is 20.2 Å². The Bertz CT molecular complexity index is 545. The highest BCUT2D eigenvalue weighted by molar-refractivity contribution is 5.64. The molecule has 1 aromatic rings. The lowest BCUT2D eigenvalue weighted by atomic mass is 10.1. The Morgan fingerprint density at radius 2 is 2.25 bits per heavy atom. The topological polar surface area (TPSA) is 82.2 Å². The molecule has 1 fully saturated rings. The normalized spacial score (nSPS) is 15.7. The number of nitro groups is 1. The molecular formula is C14H18N4O2. The van der Waals surface area contributed by atoms with Crippen LogP contribution in [0.3, 0.4) is 0 Å². The summed E-state index contributed by atoms with van der Waals surface area (Å²) in [7, 11) is 4.05. The number of anilines is 1. The van der Waals surface area contributed by atoms with Crippen LogP contribution in [0.25, 0.3) is 0 Å². The maximum absolute atomic E-state index is 11.1. The van der Waals surface area contributed by atoms with Crippen molar-refractivity contribution >= 4 is 11.4 Å². The lowest BCUT2D eigenvalue weighted by molar-refractivity contribution is -0.384. The molecule has 6 nitrogen and oxygen atoms in total. The van der Waals surface area contributed by atoms with E-state index in [4.69, 9.17) is 5.26 Å². The molecule has 1 aromatic carbocycles. The van der Waals surface area contributed by atoms with Crippen molar-refractivity contribution in [3.05, 3.63) is 33.9 Å². The van der Waals surface area contributed by atoms with Crippen LogP contribution in [0.15, 0.2) is 18.2 Å². The Hall–Kier alpha value is -2.13. The number of hydrogen-bond acceptors (Lipinski definition) is 5. The summed E-state index contributed by atoms with van der Waals surface area (Å²) in [4.78, 5) is 12.8.